The molecule has 0 atom stereocenters. The third-order valence-corrected chi connectivity index (χ3v) is 2.83. The summed E-state index contributed by atoms with van der Waals surface area (Å²) in [6, 6.07) is 10.5. The highest BCUT2D eigenvalue weighted by Crippen LogP contribution is 2.32. The highest BCUT2D eigenvalue weighted by molar-refractivity contribution is 6.06. The summed E-state index contributed by atoms with van der Waals surface area (Å²) in [6.07, 6.45) is -2.25. The van der Waals surface area contributed by atoms with E-state index in [-0.39, 0.29) is 16.9 Å². The van der Waals surface area contributed by atoms with E-state index in [0.717, 1.165) is 18.2 Å². The van der Waals surface area contributed by atoms with Gasteiger partial charge in [-0.15, -0.1) is 0 Å². The van der Waals surface area contributed by atoms with Crippen LogP contribution in [0.4, 0.5) is 13.2 Å². The largest absolute Gasteiger partial charge is 0.508 e. The van der Waals surface area contributed by atoms with Gasteiger partial charge in [-0.3, -0.25) is 4.79 Å². The van der Waals surface area contributed by atoms with Crippen LogP contribution in [0, 0.1) is 0 Å². The zero-order chi connectivity index (χ0) is 15.5. The van der Waals surface area contributed by atoms with Gasteiger partial charge in [0.1, 0.15) is 5.75 Å². The Kier molecular flexibility index (Phi) is 4.12. The molecule has 2 rings (SSSR count). The van der Waals surface area contributed by atoms with Gasteiger partial charge in [0, 0.05) is 5.56 Å². The van der Waals surface area contributed by atoms with Crippen LogP contribution in [0.1, 0.15) is 21.5 Å². The third-order valence-electron chi connectivity index (χ3n) is 2.83. The zero-order valence-electron chi connectivity index (χ0n) is 10.8. The number of alkyl halides is 3. The Morgan fingerprint density at radius 1 is 1.00 bits per heavy atom. The summed E-state index contributed by atoms with van der Waals surface area (Å²) in [6.45, 7) is 0. The molecule has 0 aliphatic rings. The van der Waals surface area contributed by atoms with E-state index in [4.69, 9.17) is 5.11 Å². The molecule has 0 heterocycles. The summed E-state index contributed by atoms with van der Waals surface area (Å²) >= 11 is 0. The minimum absolute atomic E-state index is 0.0120. The number of ketones is 1. The number of benzene rings is 2. The average Bonchev–Trinajstić information content (AvgIpc) is 2.45. The molecule has 0 aromatic heterocycles. The highest BCUT2D eigenvalue weighted by Gasteiger charge is 2.32. The van der Waals surface area contributed by atoms with Crippen molar-refractivity contribution in [2.75, 3.05) is 0 Å². The van der Waals surface area contributed by atoms with Gasteiger partial charge in [-0.05, 0) is 42.0 Å². The highest BCUT2D eigenvalue weighted by atomic mass is 19.4. The van der Waals surface area contributed by atoms with Crippen LogP contribution in [0.25, 0.3) is 6.08 Å². The van der Waals surface area contributed by atoms with Crippen LogP contribution in [-0.2, 0) is 6.18 Å². The first-order chi connectivity index (χ1) is 9.88. The van der Waals surface area contributed by atoms with Crippen molar-refractivity contribution in [1.29, 1.82) is 0 Å². The molecule has 2 aromatic rings. The van der Waals surface area contributed by atoms with Crippen molar-refractivity contribution in [3.8, 4) is 5.75 Å². The molecule has 21 heavy (non-hydrogen) atoms. The Morgan fingerprint density at radius 3 is 2.24 bits per heavy atom. The normalized spacial score (nSPS) is 11.8. The van der Waals surface area contributed by atoms with Crippen LogP contribution in [0.2, 0.25) is 0 Å². The molecule has 1 N–H and O–H groups in total. The van der Waals surface area contributed by atoms with Gasteiger partial charge in [-0.25, -0.2) is 0 Å². The lowest BCUT2D eigenvalue weighted by Gasteiger charge is -2.09. The van der Waals surface area contributed by atoms with Crippen LogP contribution in [0.3, 0.4) is 0 Å². The monoisotopic (exact) mass is 292 g/mol. The Hall–Kier alpha value is -2.56. The number of rotatable bonds is 3. The van der Waals surface area contributed by atoms with Gasteiger partial charge in [0.2, 0.25) is 0 Å². The fourth-order valence-corrected chi connectivity index (χ4v) is 1.79. The first kappa shape index (κ1) is 14.8. The molecule has 0 aliphatic carbocycles. The number of allylic oxidation sites excluding steroid dienone is 1. The van der Waals surface area contributed by atoms with Crippen LogP contribution < -0.4 is 0 Å². The summed E-state index contributed by atoms with van der Waals surface area (Å²) < 4.78 is 38.4. The third kappa shape index (κ3) is 3.72. The number of hydrogen-bond acceptors (Lipinski definition) is 2. The summed E-state index contributed by atoms with van der Waals surface area (Å²) in [5.74, 6) is -0.426. The number of halogens is 3. The summed E-state index contributed by atoms with van der Waals surface area (Å²) in [5, 5.41) is 9.12. The molecule has 0 saturated heterocycles. The maximum atomic E-state index is 12.8. The van der Waals surface area contributed by atoms with E-state index in [2.05, 4.69) is 0 Å². The summed E-state index contributed by atoms with van der Waals surface area (Å²) in [7, 11) is 0. The van der Waals surface area contributed by atoms with E-state index in [1.165, 1.54) is 42.5 Å². The van der Waals surface area contributed by atoms with Crippen molar-refractivity contribution in [3.63, 3.8) is 0 Å². The van der Waals surface area contributed by atoms with Crippen molar-refractivity contribution in [1.82, 2.24) is 0 Å². The molecule has 0 bridgehead atoms. The Bertz CT molecular complexity index is 671. The topological polar surface area (TPSA) is 37.3 Å². The summed E-state index contributed by atoms with van der Waals surface area (Å²) in [5.41, 5.74) is -0.578. The molecule has 0 radical (unpaired) electrons. The number of phenols is 1. The van der Waals surface area contributed by atoms with E-state index in [1.807, 2.05) is 0 Å². The molecule has 0 fully saturated rings. The van der Waals surface area contributed by atoms with Gasteiger partial charge in [-0.1, -0.05) is 24.3 Å². The van der Waals surface area contributed by atoms with Crippen molar-refractivity contribution < 1.29 is 23.1 Å². The lowest BCUT2D eigenvalue weighted by Crippen LogP contribution is -2.07. The first-order valence-corrected chi connectivity index (χ1v) is 6.05. The van der Waals surface area contributed by atoms with Gasteiger partial charge in [0.25, 0.3) is 0 Å². The number of aromatic hydroxyl groups is 1. The first-order valence-electron chi connectivity index (χ1n) is 6.05. The van der Waals surface area contributed by atoms with Crippen molar-refractivity contribution in [2.45, 2.75) is 6.18 Å². The second-order valence-corrected chi connectivity index (χ2v) is 4.33. The van der Waals surface area contributed by atoms with Crippen LogP contribution in [0.5, 0.6) is 5.75 Å². The lowest BCUT2D eigenvalue weighted by molar-refractivity contribution is -0.137. The van der Waals surface area contributed by atoms with E-state index >= 15 is 0 Å². The molecular formula is C16H11F3O2. The van der Waals surface area contributed by atoms with Crippen molar-refractivity contribution in [2.24, 2.45) is 0 Å². The van der Waals surface area contributed by atoms with Crippen LogP contribution >= 0.6 is 0 Å². The molecule has 0 saturated carbocycles. The quantitative estimate of drug-likeness (QED) is 0.676. The molecule has 5 heteroatoms. The van der Waals surface area contributed by atoms with Crippen molar-refractivity contribution >= 4 is 11.9 Å². The van der Waals surface area contributed by atoms with E-state index in [0.29, 0.717) is 0 Å². The Labute approximate surface area is 119 Å². The van der Waals surface area contributed by atoms with E-state index in [9.17, 15) is 18.0 Å². The number of carbonyl (C=O) groups is 1. The molecule has 0 unspecified atom stereocenters. The standard InChI is InChI=1S/C16H11F3O2/c17-16(18,19)14-4-2-1-3-11(14)7-10-15(21)12-5-8-13(20)9-6-12/h1-10,20H. The number of phenolic OH excluding ortho intramolecular Hbond substituents is 1. The second kappa shape index (κ2) is 5.83. The van der Waals surface area contributed by atoms with E-state index < -0.39 is 17.5 Å². The minimum atomic E-state index is -4.47. The van der Waals surface area contributed by atoms with Crippen LogP contribution in [-0.4, -0.2) is 10.9 Å². The SMILES string of the molecule is O=C(C=Cc1ccccc1C(F)(F)F)c1ccc(O)cc1. The van der Waals surface area contributed by atoms with Gasteiger partial charge in [-0.2, -0.15) is 13.2 Å². The maximum absolute atomic E-state index is 12.8. The van der Waals surface area contributed by atoms with Crippen molar-refractivity contribution in [3.05, 3.63) is 71.3 Å². The van der Waals surface area contributed by atoms with Gasteiger partial charge >= 0.3 is 6.18 Å². The maximum Gasteiger partial charge on any atom is 0.416 e. The minimum Gasteiger partial charge on any atom is -0.508 e. The fourth-order valence-electron chi connectivity index (χ4n) is 1.79. The molecule has 0 spiro atoms. The van der Waals surface area contributed by atoms with Gasteiger partial charge in [0.05, 0.1) is 5.56 Å². The molecule has 108 valence electrons. The number of carbonyl (C=O) groups excluding carboxylic acids is 1. The predicted octanol–water partition coefficient (Wildman–Crippen LogP) is 4.31. The lowest BCUT2D eigenvalue weighted by atomic mass is 10.0. The smallest absolute Gasteiger partial charge is 0.416 e. The zero-order valence-corrected chi connectivity index (χ0v) is 10.8. The number of hydrogen-bond donors (Lipinski definition) is 1. The molecule has 2 aromatic carbocycles. The van der Waals surface area contributed by atoms with Gasteiger partial charge in [0.15, 0.2) is 5.78 Å². The Morgan fingerprint density at radius 2 is 1.62 bits per heavy atom. The fraction of sp³-hybridized carbons (Fsp3) is 0.0625. The molecule has 2 nitrogen and oxygen atoms in total. The molecule has 0 amide bonds. The van der Waals surface area contributed by atoms with Gasteiger partial charge < -0.3 is 5.11 Å². The van der Waals surface area contributed by atoms with E-state index in [1.54, 1.807) is 0 Å². The second-order valence-electron chi connectivity index (χ2n) is 4.33. The Balaban J connectivity index is 2.26. The summed E-state index contributed by atoms with van der Waals surface area (Å²) in [4.78, 5) is 11.8. The predicted molar refractivity (Wildman–Crippen MR) is 72.9 cm³/mol. The van der Waals surface area contributed by atoms with Crippen LogP contribution in [0.15, 0.2) is 54.6 Å². The average molecular weight is 292 g/mol. The molecule has 0 aliphatic heterocycles. The molecular weight excluding hydrogens is 281 g/mol.